The number of halogens is 1. The van der Waals surface area contributed by atoms with Gasteiger partial charge in [0.2, 0.25) is 5.91 Å². The normalized spacial score (nSPS) is 15.2. The van der Waals surface area contributed by atoms with Crippen molar-refractivity contribution in [2.75, 3.05) is 37.4 Å². The van der Waals surface area contributed by atoms with Gasteiger partial charge in [-0.15, -0.1) is 23.1 Å². The number of thiazole rings is 1. The molecule has 1 aliphatic heterocycles. The average molecular weight is 398 g/mol. The second-order valence-corrected chi connectivity index (χ2v) is 8.10. The topological polar surface area (TPSA) is 54.5 Å². The summed E-state index contributed by atoms with van der Waals surface area (Å²) in [6.07, 6.45) is 0.450. The van der Waals surface area contributed by atoms with Crippen LogP contribution in [-0.4, -0.2) is 47.8 Å². The minimum atomic E-state index is -0.00580. The zero-order valence-electron chi connectivity index (χ0n) is 13.7. The Bertz CT molecular complexity index is 687. The summed E-state index contributed by atoms with van der Waals surface area (Å²) >= 11 is 8.98. The van der Waals surface area contributed by atoms with Crippen molar-refractivity contribution in [3.05, 3.63) is 40.4 Å². The molecule has 1 aliphatic rings. The molecule has 0 radical (unpaired) electrons. The van der Waals surface area contributed by atoms with Crippen LogP contribution in [0.1, 0.15) is 12.1 Å². The van der Waals surface area contributed by atoms with E-state index in [1.54, 1.807) is 11.8 Å². The maximum absolute atomic E-state index is 12.1. The first-order valence-electron chi connectivity index (χ1n) is 8.12. The van der Waals surface area contributed by atoms with E-state index in [4.69, 9.17) is 16.3 Å². The number of aromatic nitrogens is 1. The van der Waals surface area contributed by atoms with Crippen molar-refractivity contribution in [3.63, 3.8) is 0 Å². The van der Waals surface area contributed by atoms with Gasteiger partial charge in [-0.1, -0.05) is 11.6 Å². The summed E-state index contributed by atoms with van der Waals surface area (Å²) in [7, 11) is 0. The molecule has 1 amide bonds. The first-order valence-corrected chi connectivity index (χ1v) is 10.4. The lowest BCUT2D eigenvalue weighted by molar-refractivity contribution is -0.115. The van der Waals surface area contributed by atoms with Gasteiger partial charge in [0, 0.05) is 47.1 Å². The Labute approximate surface area is 160 Å². The predicted octanol–water partition coefficient (Wildman–Crippen LogP) is 3.75. The monoisotopic (exact) mass is 397 g/mol. The molecule has 1 aromatic heterocycles. The molecule has 0 atom stereocenters. The molecule has 0 bridgehead atoms. The first kappa shape index (κ1) is 18.7. The molecule has 25 heavy (non-hydrogen) atoms. The maximum atomic E-state index is 12.1. The number of amides is 1. The van der Waals surface area contributed by atoms with Crippen LogP contribution < -0.4 is 5.32 Å². The van der Waals surface area contributed by atoms with Gasteiger partial charge in [-0.05, 0) is 24.3 Å². The summed E-state index contributed by atoms with van der Waals surface area (Å²) in [4.78, 5) is 20.0. The van der Waals surface area contributed by atoms with Gasteiger partial charge in [-0.3, -0.25) is 9.69 Å². The lowest BCUT2D eigenvalue weighted by atomic mass is 10.4. The third-order valence-corrected chi connectivity index (χ3v) is 5.77. The number of anilines is 1. The van der Waals surface area contributed by atoms with Crippen LogP contribution in [0.4, 0.5) is 5.13 Å². The highest BCUT2D eigenvalue weighted by molar-refractivity contribution is 7.99. The zero-order chi connectivity index (χ0) is 17.5. The number of ether oxygens (including phenoxy) is 1. The van der Waals surface area contributed by atoms with Crippen molar-refractivity contribution in [1.82, 2.24) is 9.88 Å². The summed E-state index contributed by atoms with van der Waals surface area (Å²) in [5.41, 5.74) is 0.998. The Morgan fingerprint density at radius 2 is 2.08 bits per heavy atom. The fraction of sp³-hybridized carbons (Fsp3) is 0.412. The zero-order valence-corrected chi connectivity index (χ0v) is 16.1. The molecule has 3 rings (SSSR count). The second kappa shape index (κ2) is 9.54. The quantitative estimate of drug-likeness (QED) is 0.721. The van der Waals surface area contributed by atoms with E-state index in [1.165, 1.54) is 11.3 Å². The van der Waals surface area contributed by atoms with Crippen LogP contribution in [0.25, 0.3) is 0 Å². The average Bonchev–Trinajstić information content (AvgIpc) is 3.04. The van der Waals surface area contributed by atoms with E-state index in [2.05, 4.69) is 15.2 Å². The van der Waals surface area contributed by atoms with E-state index in [1.807, 2.05) is 29.6 Å². The Hall–Kier alpha value is -1.12. The lowest BCUT2D eigenvalue weighted by Gasteiger charge is -2.25. The minimum Gasteiger partial charge on any atom is -0.379 e. The number of morpholine rings is 1. The standard InChI is InChI=1S/C17H20ClN3O2S2/c18-13-1-3-15(4-2-13)24-10-5-16(22)20-17-19-14(12-25-17)11-21-6-8-23-9-7-21/h1-4,12H,5-11H2,(H,19,20,22). The van der Waals surface area contributed by atoms with E-state index in [9.17, 15) is 4.79 Å². The van der Waals surface area contributed by atoms with Gasteiger partial charge in [0.1, 0.15) is 0 Å². The number of carbonyl (C=O) groups is 1. The predicted molar refractivity (Wildman–Crippen MR) is 104 cm³/mol. The number of thioether (sulfide) groups is 1. The molecule has 2 aromatic rings. The van der Waals surface area contributed by atoms with Crippen LogP contribution in [-0.2, 0) is 16.1 Å². The van der Waals surface area contributed by atoms with Crippen LogP contribution in [0.3, 0.4) is 0 Å². The fourth-order valence-corrected chi connectivity index (χ4v) is 4.09. The van der Waals surface area contributed by atoms with Crippen molar-refractivity contribution in [1.29, 1.82) is 0 Å². The van der Waals surface area contributed by atoms with Crippen molar-refractivity contribution < 1.29 is 9.53 Å². The number of benzene rings is 1. The molecule has 0 unspecified atom stereocenters. The SMILES string of the molecule is O=C(CCSc1ccc(Cl)cc1)Nc1nc(CN2CCOCC2)cs1. The van der Waals surface area contributed by atoms with Crippen LogP contribution in [0, 0.1) is 0 Å². The molecule has 8 heteroatoms. The number of nitrogens with zero attached hydrogens (tertiary/aromatic N) is 2. The van der Waals surface area contributed by atoms with Crippen molar-refractivity contribution >= 4 is 45.7 Å². The Morgan fingerprint density at radius 3 is 2.84 bits per heavy atom. The molecule has 134 valence electrons. The fourth-order valence-electron chi connectivity index (χ4n) is 2.40. The summed E-state index contributed by atoms with van der Waals surface area (Å²) < 4.78 is 5.35. The van der Waals surface area contributed by atoms with Crippen molar-refractivity contribution in [2.45, 2.75) is 17.9 Å². The summed E-state index contributed by atoms with van der Waals surface area (Å²) in [6.45, 7) is 4.22. The smallest absolute Gasteiger partial charge is 0.226 e. The Kier molecular flexibility index (Phi) is 7.12. The number of rotatable bonds is 7. The third-order valence-electron chi connectivity index (χ3n) is 3.70. The van der Waals surface area contributed by atoms with E-state index in [0.717, 1.165) is 54.2 Å². The van der Waals surface area contributed by atoms with Gasteiger partial charge in [-0.2, -0.15) is 0 Å². The van der Waals surface area contributed by atoms with E-state index in [-0.39, 0.29) is 5.91 Å². The van der Waals surface area contributed by atoms with Gasteiger partial charge < -0.3 is 10.1 Å². The van der Waals surface area contributed by atoms with E-state index >= 15 is 0 Å². The maximum Gasteiger partial charge on any atom is 0.226 e. The Morgan fingerprint density at radius 1 is 1.32 bits per heavy atom. The summed E-state index contributed by atoms with van der Waals surface area (Å²) in [5, 5.41) is 6.29. The molecular weight excluding hydrogens is 378 g/mol. The van der Waals surface area contributed by atoms with Crippen LogP contribution in [0.2, 0.25) is 5.02 Å². The van der Waals surface area contributed by atoms with Gasteiger partial charge in [0.25, 0.3) is 0 Å². The van der Waals surface area contributed by atoms with Gasteiger partial charge in [0.15, 0.2) is 5.13 Å². The Balaban J connectivity index is 1.39. The van der Waals surface area contributed by atoms with Crippen LogP contribution >= 0.6 is 34.7 Å². The minimum absolute atomic E-state index is 0.00580. The molecule has 1 aromatic carbocycles. The molecule has 0 aliphatic carbocycles. The molecule has 1 fully saturated rings. The first-order chi connectivity index (χ1) is 12.2. The van der Waals surface area contributed by atoms with E-state index < -0.39 is 0 Å². The molecule has 0 spiro atoms. The number of hydrogen-bond acceptors (Lipinski definition) is 6. The molecule has 1 N–H and O–H groups in total. The number of nitrogens with one attached hydrogen (secondary N) is 1. The van der Waals surface area contributed by atoms with Gasteiger partial charge >= 0.3 is 0 Å². The summed E-state index contributed by atoms with van der Waals surface area (Å²) in [5.74, 6) is 0.716. The highest BCUT2D eigenvalue weighted by Gasteiger charge is 2.13. The van der Waals surface area contributed by atoms with Gasteiger partial charge in [-0.25, -0.2) is 4.98 Å². The lowest BCUT2D eigenvalue weighted by Crippen LogP contribution is -2.35. The third kappa shape index (κ3) is 6.27. The second-order valence-electron chi connectivity index (χ2n) is 5.63. The molecule has 1 saturated heterocycles. The molecule has 5 nitrogen and oxygen atoms in total. The van der Waals surface area contributed by atoms with E-state index in [0.29, 0.717) is 11.6 Å². The summed E-state index contributed by atoms with van der Waals surface area (Å²) in [6, 6.07) is 7.64. The highest BCUT2D eigenvalue weighted by atomic mass is 35.5. The van der Waals surface area contributed by atoms with Crippen LogP contribution in [0.15, 0.2) is 34.5 Å². The van der Waals surface area contributed by atoms with Crippen molar-refractivity contribution in [2.24, 2.45) is 0 Å². The molecular formula is C17H20ClN3O2S2. The van der Waals surface area contributed by atoms with Crippen LogP contribution in [0.5, 0.6) is 0 Å². The molecule has 0 saturated carbocycles. The van der Waals surface area contributed by atoms with Gasteiger partial charge in [0.05, 0.1) is 18.9 Å². The largest absolute Gasteiger partial charge is 0.379 e. The number of carbonyl (C=O) groups excluding carboxylic acids is 1. The van der Waals surface area contributed by atoms with Crippen molar-refractivity contribution in [3.8, 4) is 0 Å². The highest BCUT2D eigenvalue weighted by Crippen LogP contribution is 2.22. The molecule has 2 heterocycles. The number of hydrogen-bond donors (Lipinski definition) is 1.